The molecule has 1 fully saturated rings. The second-order valence-electron chi connectivity index (χ2n) is 8.20. The minimum absolute atomic E-state index is 0.0613. The maximum atomic E-state index is 13.4. The average Bonchev–Trinajstić information content (AvgIpc) is 3.42. The van der Waals surface area contributed by atoms with Crippen molar-refractivity contribution in [3.63, 3.8) is 0 Å². The molecule has 2 heterocycles. The highest BCUT2D eigenvalue weighted by molar-refractivity contribution is 6.52. The summed E-state index contributed by atoms with van der Waals surface area (Å²) in [6, 6.07) is 16.4. The Labute approximate surface area is 207 Å². The molecular formula is C27H22ClNO6. The first-order valence-corrected chi connectivity index (χ1v) is 11.5. The fraction of sp³-hybridized carbons (Fsp3) is 0.185. The normalized spacial score (nSPS) is 18.3. The Morgan fingerprint density at radius 2 is 1.89 bits per heavy atom. The number of Topliss-reactive ketones (excluding diaryl/α,β-unsaturated/α-hetero) is 1. The highest BCUT2D eigenvalue weighted by Crippen LogP contribution is 2.45. The number of amides is 1. The number of aliphatic hydroxyl groups excluding tert-OH is 1. The number of ether oxygens (including phenoxy) is 3. The predicted octanol–water partition coefficient (Wildman–Crippen LogP) is 5.40. The fourth-order valence-electron chi connectivity index (χ4n) is 4.38. The molecule has 0 aliphatic carbocycles. The van der Waals surface area contributed by atoms with E-state index in [-0.39, 0.29) is 28.7 Å². The van der Waals surface area contributed by atoms with E-state index >= 15 is 0 Å². The molecule has 0 spiro atoms. The topological polar surface area (TPSA) is 85.3 Å². The number of benzene rings is 3. The van der Waals surface area contributed by atoms with E-state index in [2.05, 4.69) is 0 Å². The van der Waals surface area contributed by atoms with Crippen molar-refractivity contribution < 1.29 is 28.9 Å². The number of rotatable bonds is 5. The lowest BCUT2D eigenvalue weighted by Gasteiger charge is -2.26. The zero-order chi connectivity index (χ0) is 24.7. The Hall–Kier alpha value is -3.97. The van der Waals surface area contributed by atoms with Gasteiger partial charge in [0.1, 0.15) is 11.5 Å². The smallest absolute Gasteiger partial charge is 0.300 e. The Morgan fingerprint density at radius 3 is 2.66 bits per heavy atom. The van der Waals surface area contributed by atoms with E-state index in [1.165, 1.54) is 4.90 Å². The van der Waals surface area contributed by atoms with Crippen LogP contribution in [-0.2, 0) is 9.59 Å². The zero-order valence-electron chi connectivity index (χ0n) is 19.1. The first-order valence-electron chi connectivity index (χ1n) is 11.1. The van der Waals surface area contributed by atoms with Crippen LogP contribution in [0.3, 0.4) is 0 Å². The molecule has 1 N–H and O–H groups in total. The molecule has 3 aromatic rings. The Balaban J connectivity index is 1.72. The van der Waals surface area contributed by atoms with Gasteiger partial charge in [0.15, 0.2) is 11.5 Å². The van der Waals surface area contributed by atoms with Gasteiger partial charge in [-0.1, -0.05) is 41.4 Å². The van der Waals surface area contributed by atoms with Gasteiger partial charge in [-0.2, -0.15) is 0 Å². The van der Waals surface area contributed by atoms with Crippen LogP contribution in [0.25, 0.3) is 5.76 Å². The van der Waals surface area contributed by atoms with Crippen molar-refractivity contribution in [2.24, 2.45) is 0 Å². The summed E-state index contributed by atoms with van der Waals surface area (Å²) in [6.45, 7) is 4.24. The standard InChI is InChI=1S/C27H22ClNO6/c1-3-33-18-8-9-20(28)19(13-18)25(30)23-24(16-6-4-5-15(2)11-16)29(27(32)26(23)31)17-7-10-21-22(12-17)35-14-34-21/h4-13,24,30H,3,14H2,1-2H3/b25-23+. The fourth-order valence-corrected chi connectivity index (χ4v) is 4.58. The Kier molecular flexibility index (Phi) is 5.86. The molecule has 2 aliphatic rings. The monoisotopic (exact) mass is 491 g/mol. The van der Waals surface area contributed by atoms with Gasteiger partial charge in [0.05, 0.1) is 23.2 Å². The summed E-state index contributed by atoms with van der Waals surface area (Å²) in [6.07, 6.45) is 0. The van der Waals surface area contributed by atoms with Crippen LogP contribution in [0.4, 0.5) is 5.69 Å². The van der Waals surface area contributed by atoms with Crippen LogP contribution in [0.15, 0.2) is 66.2 Å². The van der Waals surface area contributed by atoms with E-state index in [1.54, 1.807) is 36.4 Å². The molecule has 2 aliphatic heterocycles. The van der Waals surface area contributed by atoms with Gasteiger partial charge >= 0.3 is 0 Å². The van der Waals surface area contributed by atoms with Crippen molar-refractivity contribution in [1.29, 1.82) is 0 Å². The highest BCUT2D eigenvalue weighted by Gasteiger charge is 2.47. The van der Waals surface area contributed by atoms with Crippen molar-refractivity contribution in [2.75, 3.05) is 18.3 Å². The maximum Gasteiger partial charge on any atom is 0.300 e. The number of anilines is 1. The summed E-state index contributed by atoms with van der Waals surface area (Å²) in [5.41, 5.74) is 2.19. The van der Waals surface area contributed by atoms with Gasteiger partial charge in [-0.05, 0) is 49.7 Å². The molecule has 178 valence electrons. The second-order valence-corrected chi connectivity index (χ2v) is 8.60. The number of fused-ring (bicyclic) bond motifs is 1. The number of aryl methyl sites for hydroxylation is 1. The van der Waals surface area contributed by atoms with E-state index in [4.69, 9.17) is 25.8 Å². The van der Waals surface area contributed by atoms with Crippen molar-refractivity contribution in [2.45, 2.75) is 19.9 Å². The van der Waals surface area contributed by atoms with Crippen LogP contribution >= 0.6 is 11.6 Å². The lowest BCUT2D eigenvalue weighted by molar-refractivity contribution is -0.132. The third-order valence-corrected chi connectivity index (χ3v) is 6.27. The van der Waals surface area contributed by atoms with Gasteiger partial charge in [0.25, 0.3) is 11.7 Å². The molecule has 7 nitrogen and oxygen atoms in total. The van der Waals surface area contributed by atoms with Gasteiger partial charge < -0.3 is 19.3 Å². The third kappa shape index (κ3) is 3.98. The summed E-state index contributed by atoms with van der Waals surface area (Å²) in [4.78, 5) is 28.1. The van der Waals surface area contributed by atoms with E-state index in [1.807, 2.05) is 38.1 Å². The number of halogens is 1. The minimum atomic E-state index is -0.887. The largest absolute Gasteiger partial charge is 0.507 e. The number of carbonyl (C=O) groups excluding carboxylic acids is 2. The van der Waals surface area contributed by atoms with Crippen molar-refractivity contribution in [3.8, 4) is 17.2 Å². The molecule has 1 amide bonds. The molecule has 5 rings (SSSR count). The van der Waals surface area contributed by atoms with Gasteiger partial charge in [-0.3, -0.25) is 14.5 Å². The Bertz CT molecular complexity index is 1380. The van der Waals surface area contributed by atoms with Crippen LogP contribution in [-0.4, -0.2) is 30.2 Å². The van der Waals surface area contributed by atoms with E-state index in [9.17, 15) is 14.7 Å². The summed E-state index contributed by atoms with van der Waals surface area (Å²) in [5, 5.41) is 11.6. The Morgan fingerprint density at radius 1 is 1.09 bits per heavy atom. The van der Waals surface area contributed by atoms with Crippen molar-refractivity contribution in [1.82, 2.24) is 0 Å². The number of aliphatic hydroxyl groups is 1. The summed E-state index contributed by atoms with van der Waals surface area (Å²) in [5.74, 6) is -0.449. The quantitative estimate of drug-likeness (QED) is 0.292. The summed E-state index contributed by atoms with van der Waals surface area (Å²) < 4.78 is 16.4. The first-order chi connectivity index (χ1) is 16.9. The molecule has 0 bridgehead atoms. The average molecular weight is 492 g/mol. The molecule has 1 unspecified atom stereocenters. The van der Waals surface area contributed by atoms with Crippen LogP contribution in [0.1, 0.15) is 29.7 Å². The molecule has 1 saturated heterocycles. The molecule has 35 heavy (non-hydrogen) atoms. The molecular weight excluding hydrogens is 470 g/mol. The SMILES string of the molecule is CCOc1ccc(Cl)c(/C(O)=C2\C(=O)C(=O)N(c3ccc4c(c3)OCO4)C2c2cccc(C)c2)c1. The molecule has 1 atom stereocenters. The van der Waals surface area contributed by atoms with Crippen LogP contribution in [0.2, 0.25) is 5.02 Å². The van der Waals surface area contributed by atoms with Crippen molar-refractivity contribution in [3.05, 3.63) is 87.9 Å². The number of hydrogen-bond donors (Lipinski definition) is 1. The lowest BCUT2D eigenvalue weighted by Crippen LogP contribution is -2.29. The lowest BCUT2D eigenvalue weighted by atomic mass is 9.94. The molecule has 8 heteroatoms. The van der Waals surface area contributed by atoms with Gasteiger partial charge in [0.2, 0.25) is 6.79 Å². The summed E-state index contributed by atoms with van der Waals surface area (Å²) in [7, 11) is 0. The van der Waals surface area contributed by atoms with Gasteiger partial charge in [-0.25, -0.2) is 0 Å². The molecule has 0 radical (unpaired) electrons. The van der Waals surface area contributed by atoms with E-state index in [0.29, 0.717) is 35.1 Å². The second kappa shape index (κ2) is 9.00. The van der Waals surface area contributed by atoms with Crippen molar-refractivity contribution >= 4 is 34.7 Å². The minimum Gasteiger partial charge on any atom is -0.507 e. The molecule has 3 aromatic carbocycles. The van der Waals surface area contributed by atoms with E-state index in [0.717, 1.165) is 5.56 Å². The van der Waals surface area contributed by atoms with Crippen LogP contribution in [0.5, 0.6) is 17.2 Å². The van der Waals surface area contributed by atoms with Gasteiger partial charge in [-0.15, -0.1) is 0 Å². The van der Waals surface area contributed by atoms with Gasteiger partial charge in [0, 0.05) is 17.3 Å². The first kappa shape index (κ1) is 22.8. The molecule has 0 saturated carbocycles. The number of carbonyl (C=O) groups is 2. The third-order valence-electron chi connectivity index (χ3n) is 5.94. The molecule has 0 aromatic heterocycles. The van der Waals surface area contributed by atoms with Crippen LogP contribution in [0, 0.1) is 6.92 Å². The zero-order valence-corrected chi connectivity index (χ0v) is 19.8. The highest BCUT2D eigenvalue weighted by atomic mass is 35.5. The number of nitrogens with zero attached hydrogens (tertiary/aromatic N) is 1. The van der Waals surface area contributed by atoms with E-state index < -0.39 is 17.7 Å². The number of hydrogen-bond acceptors (Lipinski definition) is 6. The number of ketones is 1. The predicted molar refractivity (Wildman–Crippen MR) is 131 cm³/mol. The maximum absolute atomic E-state index is 13.4. The summed E-state index contributed by atoms with van der Waals surface area (Å²) >= 11 is 6.40. The van der Waals surface area contributed by atoms with Crippen LogP contribution < -0.4 is 19.1 Å².